The largest absolute Gasteiger partial charge is 0.358 e. The molecule has 0 aliphatic heterocycles. The number of hydrogen-bond acceptors (Lipinski definition) is 4. The molecule has 1 aromatic heterocycles. The number of rotatable bonds is 8. The summed E-state index contributed by atoms with van der Waals surface area (Å²) in [4.78, 5) is 8.42. The van der Waals surface area contributed by atoms with Gasteiger partial charge in [0.2, 0.25) is 0 Å². The van der Waals surface area contributed by atoms with E-state index in [0.717, 1.165) is 37.4 Å². The lowest BCUT2D eigenvalue weighted by Crippen LogP contribution is -2.30. The molecule has 0 fully saturated rings. The molecule has 0 bridgehead atoms. The molecule has 5 heteroatoms. The van der Waals surface area contributed by atoms with E-state index < -0.39 is 0 Å². The van der Waals surface area contributed by atoms with E-state index in [2.05, 4.69) is 27.0 Å². The van der Waals surface area contributed by atoms with Gasteiger partial charge in [-0.05, 0) is 33.1 Å². The maximum absolute atomic E-state index is 13.3. The van der Waals surface area contributed by atoms with E-state index in [9.17, 15) is 4.39 Å². The van der Waals surface area contributed by atoms with E-state index in [1.54, 1.807) is 6.07 Å². The molecule has 0 spiro atoms. The Morgan fingerprint density at radius 1 is 1.26 bits per heavy atom. The summed E-state index contributed by atoms with van der Waals surface area (Å²) in [6.07, 6.45) is 2.35. The van der Waals surface area contributed by atoms with Gasteiger partial charge in [-0.3, -0.25) is 0 Å². The van der Waals surface area contributed by atoms with Crippen LogP contribution in [0.5, 0.6) is 0 Å². The summed E-state index contributed by atoms with van der Waals surface area (Å²) < 4.78 is 13.3. The predicted octanol–water partition coefficient (Wildman–Crippen LogP) is 1.72. The molecule has 4 nitrogen and oxygen atoms in total. The van der Waals surface area contributed by atoms with Crippen LogP contribution in [0.25, 0.3) is 0 Å². The number of pyridine rings is 1. The van der Waals surface area contributed by atoms with E-state index >= 15 is 0 Å². The third kappa shape index (κ3) is 5.53. The van der Waals surface area contributed by atoms with Gasteiger partial charge >= 0.3 is 0 Å². The predicted molar refractivity (Wildman–Crippen MR) is 78.0 cm³/mol. The molecule has 0 aromatic carbocycles. The lowest BCUT2D eigenvalue weighted by atomic mass is 10.2. The number of hydrogen-bond donors (Lipinski definition) is 1. The standard InChI is InChI=1S/C14H25FN4/c1-5-6-16-10-12-9-13(15)11-17-14(12)19(4)8-7-18(2)3/h9,11,16H,5-8,10H2,1-4H3. The van der Waals surface area contributed by atoms with Crippen LogP contribution in [-0.2, 0) is 6.54 Å². The van der Waals surface area contributed by atoms with Crippen LogP contribution in [0.1, 0.15) is 18.9 Å². The van der Waals surface area contributed by atoms with Gasteiger partial charge in [0.1, 0.15) is 11.6 Å². The zero-order valence-corrected chi connectivity index (χ0v) is 12.4. The van der Waals surface area contributed by atoms with Crippen molar-refractivity contribution in [1.29, 1.82) is 0 Å². The number of aromatic nitrogens is 1. The monoisotopic (exact) mass is 268 g/mol. The second-order valence-corrected chi connectivity index (χ2v) is 5.04. The molecule has 0 unspecified atom stereocenters. The van der Waals surface area contributed by atoms with Crippen LogP contribution in [0.3, 0.4) is 0 Å². The third-order valence-corrected chi connectivity index (χ3v) is 2.90. The molecule has 1 rings (SSSR count). The molecule has 0 aliphatic carbocycles. The minimum atomic E-state index is -0.280. The molecule has 108 valence electrons. The van der Waals surface area contributed by atoms with E-state index in [4.69, 9.17) is 0 Å². The van der Waals surface area contributed by atoms with Gasteiger partial charge in [0.15, 0.2) is 0 Å². The highest BCUT2D eigenvalue weighted by atomic mass is 19.1. The smallest absolute Gasteiger partial charge is 0.141 e. The van der Waals surface area contributed by atoms with Crippen LogP contribution in [-0.4, -0.2) is 50.7 Å². The Kier molecular flexibility index (Phi) is 6.73. The van der Waals surface area contributed by atoms with Gasteiger partial charge in [-0.1, -0.05) is 6.92 Å². The minimum Gasteiger partial charge on any atom is -0.358 e. The first-order chi connectivity index (χ1) is 9.04. The highest BCUT2D eigenvalue weighted by molar-refractivity contribution is 5.46. The molecule has 0 saturated heterocycles. The molecule has 1 N–H and O–H groups in total. The van der Waals surface area contributed by atoms with E-state index in [1.807, 2.05) is 21.1 Å². The molecule has 0 amide bonds. The molecule has 1 aromatic rings. The molecular formula is C14H25FN4. The summed E-state index contributed by atoms with van der Waals surface area (Å²) in [6.45, 7) is 5.50. The zero-order chi connectivity index (χ0) is 14.3. The number of anilines is 1. The van der Waals surface area contributed by atoms with Crippen LogP contribution < -0.4 is 10.2 Å². The van der Waals surface area contributed by atoms with Gasteiger partial charge in [0.25, 0.3) is 0 Å². The first-order valence-corrected chi connectivity index (χ1v) is 6.75. The molecule has 0 aliphatic rings. The highest BCUT2D eigenvalue weighted by Gasteiger charge is 2.10. The second kappa shape index (κ2) is 8.07. The van der Waals surface area contributed by atoms with Crippen molar-refractivity contribution in [3.63, 3.8) is 0 Å². The maximum atomic E-state index is 13.3. The lowest BCUT2D eigenvalue weighted by Gasteiger charge is -2.23. The van der Waals surface area contributed by atoms with Gasteiger partial charge in [0, 0.05) is 32.2 Å². The van der Waals surface area contributed by atoms with Crippen LogP contribution in [0.2, 0.25) is 0 Å². The van der Waals surface area contributed by atoms with Crippen molar-refractivity contribution in [3.8, 4) is 0 Å². The summed E-state index contributed by atoms with van der Waals surface area (Å²) in [6, 6.07) is 1.57. The molecule has 19 heavy (non-hydrogen) atoms. The normalized spacial score (nSPS) is 11.1. The summed E-state index contributed by atoms with van der Waals surface area (Å²) in [7, 11) is 6.07. The van der Waals surface area contributed by atoms with Gasteiger partial charge in [-0.25, -0.2) is 9.37 Å². The van der Waals surface area contributed by atoms with Crippen molar-refractivity contribution in [2.24, 2.45) is 0 Å². The van der Waals surface area contributed by atoms with Crippen molar-refractivity contribution in [2.45, 2.75) is 19.9 Å². The minimum absolute atomic E-state index is 0.280. The summed E-state index contributed by atoms with van der Waals surface area (Å²) >= 11 is 0. The molecular weight excluding hydrogens is 243 g/mol. The Balaban J connectivity index is 2.74. The Labute approximate surface area is 115 Å². The van der Waals surface area contributed by atoms with Crippen molar-refractivity contribution in [2.75, 3.05) is 45.7 Å². The van der Waals surface area contributed by atoms with Gasteiger partial charge < -0.3 is 15.1 Å². The fraction of sp³-hybridized carbons (Fsp3) is 0.643. The van der Waals surface area contributed by atoms with Gasteiger partial charge in [0.05, 0.1) is 6.20 Å². The first kappa shape index (κ1) is 15.9. The fourth-order valence-corrected chi connectivity index (χ4v) is 1.80. The van der Waals surface area contributed by atoms with Crippen LogP contribution >= 0.6 is 0 Å². The number of halogens is 1. The fourth-order valence-electron chi connectivity index (χ4n) is 1.80. The number of likely N-dealkylation sites (N-methyl/N-ethyl adjacent to an activating group) is 2. The maximum Gasteiger partial charge on any atom is 0.141 e. The Hall–Kier alpha value is -1.20. The van der Waals surface area contributed by atoms with Crippen LogP contribution in [0, 0.1) is 5.82 Å². The van der Waals surface area contributed by atoms with Crippen molar-refractivity contribution in [3.05, 3.63) is 23.6 Å². The average molecular weight is 268 g/mol. The number of nitrogens with one attached hydrogen (secondary N) is 1. The zero-order valence-electron chi connectivity index (χ0n) is 12.4. The SMILES string of the molecule is CCCNCc1cc(F)cnc1N(C)CCN(C)C. The molecule has 1 heterocycles. The highest BCUT2D eigenvalue weighted by Crippen LogP contribution is 2.17. The van der Waals surface area contributed by atoms with Gasteiger partial charge in [-0.2, -0.15) is 0 Å². The van der Waals surface area contributed by atoms with Crippen LogP contribution in [0.4, 0.5) is 10.2 Å². The van der Waals surface area contributed by atoms with Crippen molar-refractivity contribution < 1.29 is 4.39 Å². The second-order valence-electron chi connectivity index (χ2n) is 5.04. The molecule has 0 radical (unpaired) electrons. The summed E-state index contributed by atoms with van der Waals surface area (Å²) in [5.74, 6) is 0.574. The molecule has 0 atom stereocenters. The Bertz CT molecular complexity index is 382. The van der Waals surface area contributed by atoms with E-state index in [-0.39, 0.29) is 5.82 Å². The lowest BCUT2D eigenvalue weighted by molar-refractivity contribution is 0.416. The van der Waals surface area contributed by atoms with E-state index in [1.165, 1.54) is 6.20 Å². The summed E-state index contributed by atoms with van der Waals surface area (Å²) in [5, 5.41) is 3.29. The quantitative estimate of drug-likeness (QED) is 0.727. The third-order valence-electron chi connectivity index (χ3n) is 2.90. The number of nitrogens with zero attached hydrogens (tertiary/aromatic N) is 3. The Morgan fingerprint density at radius 2 is 2.00 bits per heavy atom. The summed E-state index contributed by atoms with van der Waals surface area (Å²) in [5.41, 5.74) is 0.912. The Morgan fingerprint density at radius 3 is 2.63 bits per heavy atom. The van der Waals surface area contributed by atoms with E-state index in [0.29, 0.717) is 6.54 Å². The topological polar surface area (TPSA) is 31.4 Å². The average Bonchev–Trinajstić information content (AvgIpc) is 2.36. The van der Waals surface area contributed by atoms with Crippen LogP contribution in [0.15, 0.2) is 12.3 Å². The van der Waals surface area contributed by atoms with Crippen molar-refractivity contribution >= 4 is 5.82 Å². The van der Waals surface area contributed by atoms with Gasteiger partial charge in [-0.15, -0.1) is 0 Å². The van der Waals surface area contributed by atoms with Crippen molar-refractivity contribution in [1.82, 2.24) is 15.2 Å². The molecule has 0 saturated carbocycles. The first-order valence-electron chi connectivity index (χ1n) is 6.75.